The Morgan fingerprint density at radius 1 is 1.37 bits per heavy atom. The molecule has 0 saturated heterocycles. The Balaban J connectivity index is 0.00000180. The van der Waals surface area contributed by atoms with Crippen molar-refractivity contribution in [3.05, 3.63) is 12.0 Å². The van der Waals surface area contributed by atoms with Crippen LogP contribution < -0.4 is 5.73 Å². The molecular weight excluding hydrogens is 268 g/mol. The zero-order chi connectivity index (χ0) is 13.3. The van der Waals surface area contributed by atoms with Crippen LogP contribution in [0.1, 0.15) is 26.6 Å². The molecule has 7 heteroatoms. The van der Waals surface area contributed by atoms with Crippen molar-refractivity contribution >= 4 is 24.3 Å². The number of halogens is 1. The van der Waals surface area contributed by atoms with Gasteiger partial charge in [0.05, 0.1) is 6.20 Å². The number of nitrogen functional groups attached to an aromatic ring is 1. The molecule has 0 aromatic carbocycles. The first-order chi connectivity index (χ1) is 8.37. The van der Waals surface area contributed by atoms with Crippen molar-refractivity contribution < 1.29 is 9.53 Å². The molecule has 6 nitrogen and oxygen atoms in total. The summed E-state index contributed by atoms with van der Waals surface area (Å²) in [5, 5.41) is 0. The maximum Gasteiger partial charge on any atom is 0.410 e. The first kappa shape index (κ1) is 15.6. The molecule has 108 valence electrons. The molecule has 1 aliphatic rings. The molecule has 0 unspecified atom stereocenters. The summed E-state index contributed by atoms with van der Waals surface area (Å²) in [5.41, 5.74) is 5.36. The van der Waals surface area contributed by atoms with Crippen molar-refractivity contribution in [1.82, 2.24) is 14.5 Å². The maximum absolute atomic E-state index is 12.0. The van der Waals surface area contributed by atoms with Crippen LogP contribution in [0.5, 0.6) is 0 Å². The van der Waals surface area contributed by atoms with E-state index in [0.29, 0.717) is 31.9 Å². The number of hydrogen-bond donors (Lipinski definition) is 1. The summed E-state index contributed by atoms with van der Waals surface area (Å²) in [7, 11) is 0. The third-order valence-electron chi connectivity index (χ3n) is 2.82. The van der Waals surface area contributed by atoms with Crippen LogP contribution in [0.3, 0.4) is 0 Å². The van der Waals surface area contributed by atoms with Crippen molar-refractivity contribution in [3.63, 3.8) is 0 Å². The summed E-state index contributed by atoms with van der Waals surface area (Å²) in [5.74, 6) is 1.58. The lowest BCUT2D eigenvalue weighted by atomic mass is 10.2. The molecule has 1 aromatic heterocycles. The van der Waals surface area contributed by atoms with E-state index in [2.05, 4.69) is 4.98 Å². The number of rotatable bonds is 0. The Labute approximate surface area is 119 Å². The van der Waals surface area contributed by atoms with Crippen molar-refractivity contribution in [2.24, 2.45) is 0 Å². The second-order valence-electron chi connectivity index (χ2n) is 5.47. The van der Waals surface area contributed by atoms with Gasteiger partial charge < -0.3 is 19.9 Å². The predicted octanol–water partition coefficient (Wildman–Crippen LogP) is 1.68. The SMILES string of the molecule is CC(C)(C)OC(=O)N1CCc2ncc(N)n2CC1.Cl. The average Bonchev–Trinajstić information content (AvgIpc) is 2.48. The minimum absolute atomic E-state index is 0. The highest BCUT2D eigenvalue weighted by Crippen LogP contribution is 2.15. The van der Waals surface area contributed by atoms with Gasteiger partial charge in [-0.05, 0) is 20.8 Å². The van der Waals surface area contributed by atoms with Crippen LogP contribution in [-0.2, 0) is 17.7 Å². The smallest absolute Gasteiger partial charge is 0.410 e. The molecular formula is C12H21ClN4O2. The summed E-state index contributed by atoms with van der Waals surface area (Å²) < 4.78 is 7.31. The van der Waals surface area contributed by atoms with E-state index in [1.54, 1.807) is 11.1 Å². The quantitative estimate of drug-likeness (QED) is 0.788. The van der Waals surface area contributed by atoms with Crippen LogP contribution in [0.15, 0.2) is 6.20 Å². The fraction of sp³-hybridized carbons (Fsp3) is 0.667. The lowest BCUT2D eigenvalue weighted by Gasteiger charge is -2.26. The number of anilines is 1. The highest BCUT2D eigenvalue weighted by Gasteiger charge is 2.24. The Kier molecular flexibility index (Phi) is 4.68. The summed E-state index contributed by atoms with van der Waals surface area (Å²) in [4.78, 5) is 17.9. The van der Waals surface area contributed by atoms with Gasteiger partial charge in [-0.25, -0.2) is 9.78 Å². The molecule has 0 atom stereocenters. The van der Waals surface area contributed by atoms with Crippen molar-refractivity contribution in [3.8, 4) is 0 Å². The molecule has 2 heterocycles. The number of nitrogens with zero attached hydrogens (tertiary/aromatic N) is 3. The zero-order valence-electron chi connectivity index (χ0n) is 11.5. The fourth-order valence-electron chi connectivity index (χ4n) is 1.96. The number of imidazole rings is 1. The van der Waals surface area contributed by atoms with E-state index in [4.69, 9.17) is 10.5 Å². The standard InChI is InChI=1S/C12H20N4O2.ClH/c1-12(2,3)18-11(17)15-5-4-10-14-8-9(13)16(10)7-6-15;/h8H,4-7,13H2,1-3H3;1H. The van der Waals surface area contributed by atoms with Gasteiger partial charge in [0.15, 0.2) is 0 Å². The number of nitrogens with two attached hydrogens (primary N) is 1. The molecule has 1 aliphatic heterocycles. The van der Waals surface area contributed by atoms with Crippen molar-refractivity contribution in [1.29, 1.82) is 0 Å². The van der Waals surface area contributed by atoms with Gasteiger partial charge in [0.25, 0.3) is 0 Å². The first-order valence-electron chi connectivity index (χ1n) is 6.14. The van der Waals surface area contributed by atoms with Gasteiger partial charge >= 0.3 is 6.09 Å². The Bertz CT molecular complexity index is 453. The van der Waals surface area contributed by atoms with E-state index in [-0.39, 0.29) is 18.5 Å². The molecule has 0 aliphatic carbocycles. The normalized spacial score (nSPS) is 15.2. The summed E-state index contributed by atoms with van der Waals surface area (Å²) >= 11 is 0. The third-order valence-corrected chi connectivity index (χ3v) is 2.82. The van der Waals surface area contributed by atoms with Crippen LogP contribution in [-0.4, -0.2) is 39.2 Å². The molecule has 0 saturated carbocycles. The molecule has 2 N–H and O–H groups in total. The van der Waals surface area contributed by atoms with E-state index < -0.39 is 5.60 Å². The molecule has 1 amide bonds. The molecule has 2 rings (SSSR count). The minimum atomic E-state index is -0.462. The Morgan fingerprint density at radius 2 is 2.05 bits per heavy atom. The van der Waals surface area contributed by atoms with E-state index in [1.165, 1.54) is 0 Å². The van der Waals surface area contributed by atoms with Crippen molar-refractivity contribution in [2.75, 3.05) is 18.8 Å². The average molecular weight is 289 g/mol. The summed E-state index contributed by atoms with van der Waals surface area (Å²) in [6.07, 6.45) is 2.10. The van der Waals surface area contributed by atoms with Crippen LogP contribution in [0.4, 0.5) is 10.6 Å². The predicted molar refractivity (Wildman–Crippen MR) is 75.4 cm³/mol. The number of carbonyl (C=O) groups excluding carboxylic acids is 1. The molecule has 0 radical (unpaired) electrons. The Morgan fingerprint density at radius 3 is 2.68 bits per heavy atom. The summed E-state index contributed by atoms with van der Waals surface area (Å²) in [6, 6.07) is 0. The Hall–Kier alpha value is -1.43. The second kappa shape index (κ2) is 5.69. The number of fused-ring (bicyclic) bond motifs is 1. The molecule has 0 fully saturated rings. The lowest BCUT2D eigenvalue weighted by molar-refractivity contribution is 0.0254. The van der Waals surface area contributed by atoms with Crippen LogP contribution in [0.2, 0.25) is 0 Å². The van der Waals surface area contributed by atoms with Gasteiger partial charge in [0.1, 0.15) is 17.2 Å². The highest BCUT2D eigenvalue weighted by molar-refractivity contribution is 5.85. The number of carbonyl (C=O) groups is 1. The molecule has 19 heavy (non-hydrogen) atoms. The van der Waals surface area contributed by atoms with Crippen LogP contribution in [0.25, 0.3) is 0 Å². The second-order valence-corrected chi connectivity index (χ2v) is 5.47. The number of amides is 1. The summed E-state index contributed by atoms with van der Waals surface area (Å²) in [6.45, 7) is 7.48. The van der Waals surface area contributed by atoms with Gasteiger partial charge in [0.2, 0.25) is 0 Å². The molecule has 0 bridgehead atoms. The minimum Gasteiger partial charge on any atom is -0.444 e. The van der Waals surface area contributed by atoms with E-state index in [9.17, 15) is 4.79 Å². The van der Waals surface area contributed by atoms with Gasteiger partial charge in [-0.15, -0.1) is 12.4 Å². The molecule has 0 spiro atoms. The van der Waals surface area contributed by atoms with Crippen LogP contribution >= 0.6 is 12.4 Å². The maximum atomic E-state index is 12.0. The number of aromatic nitrogens is 2. The lowest BCUT2D eigenvalue weighted by Crippen LogP contribution is -2.38. The molecule has 1 aromatic rings. The van der Waals surface area contributed by atoms with Gasteiger partial charge in [-0.1, -0.05) is 0 Å². The van der Waals surface area contributed by atoms with Gasteiger partial charge in [0, 0.05) is 26.1 Å². The monoisotopic (exact) mass is 288 g/mol. The fourth-order valence-corrected chi connectivity index (χ4v) is 1.96. The zero-order valence-corrected chi connectivity index (χ0v) is 12.4. The number of ether oxygens (including phenoxy) is 1. The van der Waals surface area contributed by atoms with Gasteiger partial charge in [-0.3, -0.25) is 0 Å². The van der Waals surface area contributed by atoms with E-state index in [1.807, 2.05) is 25.3 Å². The number of hydrogen-bond acceptors (Lipinski definition) is 4. The van der Waals surface area contributed by atoms with Crippen LogP contribution in [0, 0.1) is 0 Å². The largest absolute Gasteiger partial charge is 0.444 e. The first-order valence-corrected chi connectivity index (χ1v) is 6.14. The third kappa shape index (κ3) is 3.76. The van der Waals surface area contributed by atoms with E-state index in [0.717, 1.165) is 5.82 Å². The van der Waals surface area contributed by atoms with Gasteiger partial charge in [-0.2, -0.15) is 0 Å². The van der Waals surface area contributed by atoms with E-state index >= 15 is 0 Å². The van der Waals surface area contributed by atoms with Crippen molar-refractivity contribution in [2.45, 2.75) is 39.3 Å². The topological polar surface area (TPSA) is 73.4 Å². The highest BCUT2D eigenvalue weighted by atomic mass is 35.5.